The maximum atomic E-state index is 12.7. The Morgan fingerprint density at radius 2 is 1.42 bits per heavy atom. The van der Waals surface area contributed by atoms with Gasteiger partial charge < -0.3 is 0 Å². The molecule has 1 aromatic carbocycles. The van der Waals surface area contributed by atoms with E-state index >= 15 is 0 Å². The van der Waals surface area contributed by atoms with Gasteiger partial charge in [0.25, 0.3) is 0 Å². The van der Waals surface area contributed by atoms with Crippen molar-refractivity contribution in [2.75, 3.05) is 13.1 Å². The Morgan fingerprint density at radius 1 is 0.846 bits per heavy atom. The first kappa shape index (κ1) is 19.8. The molecule has 1 N–H and O–H groups in total. The molecule has 0 bridgehead atoms. The van der Waals surface area contributed by atoms with Crippen LogP contribution in [0.5, 0.6) is 0 Å². The zero-order chi connectivity index (χ0) is 18.8. The summed E-state index contributed by atoms with van der Waals surface area (Å²) in [7, 11) is -7.18. The third kappa shape index (κ3) is 4.30. The summed E-state index contributed by atoms with van der Waals surface area (Å²) in [4.78, 5) is 0.275. The lowest BCUT2D eigenvalue weighted by molar-refractivity contribution is 0.310. The highest BCUT2D eigenvalue weighted by Crippen LogP contribution is 2.26. The van der Waals surface area contributed by atoms with Crippen LogP contribution in [0.15, 0.2) is 34.1 Å². The second kappa shape index (κ2) is 7.96. The van der Waals surface area contributed by atoms with Crippen molar-refractivity contribution in [2.45, 2.75) is 67.7 Å². The van der Waals surface area contributed by atoms with E-state index in [0.29, 0.717) is 19.0 Å². The lowest BCUT2D eigenvalue weighted by Gasteiger charge is -2.29. The number of hydrogen-bond donors (Lipinski definition) is 1. The van der Waals surface area contributed by atoms with Gasteiger partial charge in [-0.15, -0.1) is 0 Å². The van der Waals surface area contributed by atoms with Gasteiger partial charge in [0.2, 0.25) is 20.0 Å². The third-order valence-corrected chi connectivity index (χ3v) is 8.92. The molecule has 2 aliphatic rings. The minimum atomic E-state index is -3.64. The van der Waals surface area contributed by atoms with Gasteiger partial charge >= 0.3 is 0 Å². The molecule has 6 nitrogen and oxygen atoms in total. The molecule has 1 heterocycles. The molecule has 0 unspecified atom stereocenters. The molecule has 0 amide bonds. The summed E-state index contributed by atoms with van der Waals surface area (Å²) in [5, 5.41) is 0. The van der Waals surface area contributed by atoms with Crippen molar-refractivity contribution in [1.29, 1.82) is 0 Å². The fourth-order valence-corrected chi connectivity index (χ4v) is 6.70. The van der Waals surface area contributed by atoms with Gasteiger partial charge in [-0.3, -0.25) is 0 Å². The Balaban J connectivity index is 1.76. The van der Waals surface area contributed by atoms with E-state index in [-0.39, 0.29) is 15.8 Å². The summed E-state index contributed by atoms with van der Waals surface area (Å²) in [6.07, 6.45) is 6.84. The first-order valence-electron chi connectivity index (χ1n) is 9.43. The van der Waals surface area contributed by atoms with E-state index in [1.54, 1.807) is 0 Å². The van der Waals surface area contributed by atoms with Gasteiger partial charge in [0.05, 0.1) is 9.79 Å². The molecule has 1 saturated heterocycles. The Morgan fingerprint density at radius 3 is 2.04 bits per heavy atom. The van der Waals surface area contributed by atoms with E-state index in [1.165, 1.54) is 28.6 Å². The van der Waals surface area contributed by atoms with Crippen molar-refractivity contribution in [3.05, 3.63) is 24.3 Å². The highest BCUT2D eigenvalue weighted by molar-refractivity contribution is 7.89. The largest absolute Gasteiger partial charge is 0.243 e. The number of hydrogen-bond acceptors (Lipinski definition) is 4. The normalized spacial score (nSPS) is 25.9. The zero-order valence-corrected chi connectivity index (χ0v) is 16.9. The average Bonchev–Trinajstić information content (AvgIpc) is 2.64. The molecule has 2 fully saturated rings. The average molecular weight is 401 g/mol. The number of benzene rings is 1. The van der Waals surface area contributed by atoms with E-state index in [0.717, 1.165) is 44.9 Å². The molecular formula is C18H28N2O4S2. The minimum Gasteiger partial charge on any atom is -0.208 e. The number of piperidine rings is 1. The van der Waals surface area contributed by atoms with Gasteiger partial charge in [0, 0.05) is 19.1 Å². The molecule has 2 atom stereocenters. The number of nitrogens with one attached hydrogen (secondary N) is 1. The van der Waals surface area contributed by atoms with Gasteiger partial charge in [-0.2, -0.15) is 4.31 Å². The SMILES string of the molecule is C[C@@H]1CCCC[C@H]1NS(=O)(=O)c1ccc(S(=O)(=O)N2CCCCC2)cc1. The molecule has 1 aliphatic carbocycles. The lowest BCUT2D eigenvalue weighted by Crippen LogP contribution is -2.41. The molecule has 1 saturated carbocycles. The Kier molecular flexibility index (Phi) is 6.06. The fraction of sp³-hybridized carbons (Fsp3) is 0.667. The van der Waals surface area contributed by atoms with Gasteiger partial charge in [-0.05, 0) is 55.9 Å². The van der Waals surface area contributed by atoms with Gasteiger partial charge in [-0.1, -0.05) is 26.2 Å². The summed E-state index contributed by atoms with van der Waals surface area (Å²) < 4.78 is 54.9. The Labute approximate surface area is 157 Å². The zero-order valence-electron chi connectivity index (χ0n) is 15.2. The molecule has 0 radical (unpaired) electrons. The molecule has 26 heavy (non-hydrogen) atoms. The van der Waals surface area contributed by atoms with Crippen molar-refractivity contribution >= 4 is 20.0 Å². The smallest absolute Gasteiger partial charge is 0.208 e. The number of rotatable bonds is 5. The van der Waals surface area contributed by atoms with Crippen LogP contribution < -0.4 is 4.72 Å². The molecule has 0 aromatic heterocycles. The quantitative estimate of drug-likeness (QED) is 0.824. The van der Waals surface area contributed by atoms with Crippen LogP contribution in [0.3, 0.4) is 0 Å². The Bertz CT molecular complexity index is 813. The van der Waals surface area contributed by atoms with Crippen LogP contribution in [0, 0.1) is 5.92 Å². The molecule has 146 valence electrons. The van der Waals surface area contributed by atoms with Crippen LogP contribution in [-0.2, 0) is 20.0 Å². The third-order valence-electron chi connectivity index (χ3n) is 5.50. The van der Waals surface area contributed by atoms with Crippen LogP contribution in [-0.4, -0.2) is 40.3 Å². The summed E-state index contributed by atoms with van der Waals surface area (Å²) in [5.41, 5.74) is 0. The van der Waals surface area contributed by atoms with Crippen molar-refractivity contribution in [1.82, 2.24) is 9.03 Å². The van der Waals surface area contributed by atoms with Crippen LogP contribution in [0.25, 0.3) is 0 Å². The van der Waals surface area contributed by atoms with Crippen molar-refractivity contribution in [2.24, 2.45) is 5.92 Å². The molecule has 1 aliphatic heterocycles. The van der Waals surface area contributed by atoms with Crippen molar-refractivity contribution in [3.63, 3.8) is 0 Å². The predicted molar refractivity (Wildman–Crippen MR) is 101 cm³/mol. The number of nitrogens with zero attached hydrogens (tertiary/aromatic N) is 1. The Hall–Kier alpha value is -0.960. The summed E-state index contributed by atoms with van der Waals surface area (Å²) >= 11 is 0. The van der Waals surface area contributed by atoms with Gasteiger partial charge in [-0.25, -0.2) is 21.6 Å². The van der Waals surface area contributed by atoms with E-state index < -0.39 is 20.0 Å². The maximum absolute atomic E-state index is 12.7. The van der Waals surface area contributed by atoms with E-state index in [9.17, 15) is 16.8 Å². The van der Waals surface area contributed by atoms with E-state index in [4.69, 9.17) is 0 Å². The van der Waals surface area contributed by atoms with Crippen LogP contribution in [0.1, 0.15) is 51.9 Å². The van der Waals surface area contributed by atoms with Crippen LogP contribution in [0.2, 0.25) is 0 Å². The topological polar surface area (TPSA) is 83.5 Å². The van der Waals surface area contributed by atoms with Crippen LogP contribution >= 0.6 is 0 Å². The van der Waals surface area contributed by atoms with E-state index in [2.05, 4.69) is 11.6 Å². The highest BCUT2D eigenvalue weighted by atomic mass is 32.2. The van der Waals surface area contributed by atoms with Crippen LogP contribution in [0.4, 0.5) is 0 Å². The molecule has 1 aromatic rings. The lowest BCUT2D eigenvalue weighted by atomic mass is 9.87. The summed E-state index contributed by atoms with van der Waals surface area (Å²) in [6.45, 7) is 3.13. The second-order valence-corrected chi connectivity index (χ2v) is 11.1. The molecule has 8 heteroatoms. The molecule has 3 rings (SSSR count). The fourth-order valence-electron chi connectivity index (χ4n) is 3.80. The maximum Gasteiger partial charge on any atom is 0.243 e. The first-order chi connectivity index (χ1) is 12.3. The summed E-state index contributed by atoms with van der Waals surface area (Å²) in [5.74, 6) is 0.317. The second-order valence-electron chi connectivity index (χ2n) is 7.43. The van der Waals surface area contributed by atoms with Gasteiger partial charge in [0.15, 0.2) is 0 Å². The molecule has 0 spiro atoms. The van der Waals surface area contributed by atoms with Crippen molar-refractivity contribution in [3.8, 4) is 0 Å². The standard InChI is InChI=1S/C18H28N2O4S2/c1-15-7-3-4-8-18(15)19-25(21,22)16-9-11-17(12-10-16)26(23,24)20-13-5-2-6-14-20/h9-12,15,18-19H,2-8,13-14H2,1H3/t15-,18-/m1/s1. The summed E-state index contributed by atoms with van der Waals surface area (Å²) in [6, 6.07) is 5.55. The first-order valence-corrected chi connectivity index (χ1v) is 12.4. The van der Waals surface area contributed by atoms with Crippen molar-refractivity contribution < 1.29 is 16.8 Å². The minimum absolute atomic E-state index is 0.0505. The van der Waals surface area contributed by atoms with Gasteiger partial charge in [0.1, 0.15) is 0 Å². The van der Waals surface area contributed by atoms with E-state index in [1.807, 2.05) is 0 Å². The highest BCUT2D eigenvalue weighted by Gasteiger charge is 2.28. The molecular weight excluding hydrogens is 372 g/mol. The monoisotopic (exact) mass is 400 g/mol. The number of sulfonamides is 2. The predicted octanol–water partition coefficient (Wildman–Crippen LogP) is 2.72.